The van der Waals surface area contributed by atoms with Gasteiger partial charge in [-0.15, -0.1) is 0 Å². The van der Waals surface area contributed by atoms with Crippen LogP contribution in [0.2, 0.25) is 0 Å². The van der Waals surface area contributed by atoms with Gasteiger partial charge in [-0.05, 0) is 79.9 Å². The average molecular weight is 445 g/mol. The normalized spacial score (nSPS) is 17.5. The number of anilines is 1. The van der Waals surface area contributed by atoms with Gasteiger partial charge in [0.1, 0.15) is 17.3 Å². The second-order valence-corrected chi connectivity index (χ2v) is 7.97. The van der Waals surface area contributed by atoms with Gasteiger partial charge in [-0.2, -0.15) is 0 Å². The highest BCUT2D eigenvalue weighted by Crippen LogP contribution is 2.42. The highest BCUT2D eigenvalue weighted by Gasteiger charge is 2.47. The number of ether oxygens (including phenoxy) is 1. The lowest BCUT2D eigenvalue weighted by Crippen LogP contribution is -2.29. The van der Waals surface area contributed by atoms with E-state index in [0.717, 1.165) is 5.56 Å². The molecular weight excluding hydrogens is 421 g/mol. The molecule has 1 aliphatic heterocycles. The SMILES string of the molecule is CCOc1ccc(C2/C(=C(/O)c3ccc(F)c(C)c3)C(=O)C(=O)N2c2cccc(C)c2)cc1. The molecule has 4 rings (SSSR count). The molecule has 1 heterocycles. The number of ketones is 1. The fourth-order valence-electron chi connectivity index (χ4n) is 4.05. The number of carbonyl (C=O) groups is 2. The van der Waals surface area contributed by atoms with Crippen LogP contribution in [0.3, 0.4) is 0 Å². The second kappa shape index (κ2) is 8.90. The number of rotatable bonds is 5. The molecule has 0 aromatic heterocycles. The summed E-state index contributed by atoms with van der Waals surface area (Å²) in [4.78, 5) is 27.8. The van der Waals surface area contributed by atoms with Crippen molar-refractivity contribution in [2.24, 2.45) is 0 Å². The minimum atomic E-state index is -0.854. The zero-order chi connectivity index (χ0) is 23.7. The number of aliphatic hydroxyl groups is 1. The molecule has 0 spiro atoms. The second-order valence-electron chi connectivity index (χ2n) is 7.97. The van der Waals surface area contributed by atoms with E-state index in [9.17, 15) is 19.1 Å². The Kier molecular flexibility index (Phi) is 6.01. The summed E-state index contributed by atoms with van der Waals surface area (Å²) < 4.78 is 19.3. The molecule has 1 amide bonds. The van der Waals surface area contributed by atoms with Gasteiger partial charge in [0.25, 0.3) is 11.7 Å². The van der Waals surface area contributed by atoms with Crippen molar-refractivity contribution in [3.8, 4) is 5.75 Å². The first-order valence-electron chi connectivity index (χ1n) is 10.7. The number of benzene rings is 3. The Labute approximate surface area is 191 Å². The zero-order valence-electron chi connectivity index (χ0n) is 18.6. The van der Waals surface area contributed by atoms with Gasteiger partial charge >= 0.3 is 0 Å². The Morgan fingerprint density at radius 3 is 2.39 bits per heavy atom. The number of aryl methyl sites for hydroxylation is 2. The molecule has 5 nitrogen and oxygen atoms in total. The molecule has 1 unspecified atom stereocenters. The van der Waals surface area contributed by atoms with Gasteiger partial charge in [-0.3, -0.25) is 14.5 Å². The molecule has 1 fully saturated rings. The molecule has 0 bridgehead atoms. The van der Waals surface area contributed by atoms with E-state index in [-0.39, 0.29) is 16.9 Å². The summed E-state index contributed by atoms with van der Waals surface area (Å²) in [5.74, 6) is -1.64. The van der Waals surface area contributed by atoms with E-state index in [0.29, 0.717) is 29.2 Å². The van der Waals surface area contributed by atoms with Crippen LogP contribution in [0.25, 0.3) is 5.76 Å². The molecule has 0 radical (unpaired) electrons. The summed E-state index contributed by atoms with van der Waals surface area (Å²) >= 11 is 0. The number of nitrogens with zero attached hydrogens (tertiary/aromatic N) is 1. The highest BCUT2D eigenvalue weighted by molar-refractivity contribution is 6.51. The number of hydrogen-bond donors (Lipinski definition) is 1. The van der Waals surface area contributed by atoms with Crippen LogP contribution < -0.4 is 9.64 Å². The lowest BCUT2D eigenvalue weighted by Gasteiger charge is -2.26. The van der Waals surface area contributed by atoms with Crippen LogP contribution >= 0.6 is 0 Å². The molecule has 0 saturated carbocycles. The largest absolute Gasteiger partial charge is 0.507 e. The quantitative estimate of drug-likeness (QED) is 0.321. The van der Waals surface area contributed by atoms with Gasteiger partial charge in [0.15, 0.2) is 0 Å². The summed E-state index contributed by atoms with van der Waals surface area (Å²) in [5, 5.41) is 11.1. The first-order chi connectivity index (χ1) is 15.8. The van der Waals surface area contributed by atoms with Crippen LogP contribution in [0.1, 0.15) is 35.2 Å². The van der Waals surface area contributed by atoms with E-state index < -0.39 is 23.5 Å². The van der Waals surface area contributed by atoms with E-state index in [1.54, 1.807) is 37.3 Å². The zero-order valence-corrected chi connectivity index (χ0v) is 18.6. The standard InChI is InChI=1S/C27H24FNO4/c1-4-33-21-11-8-18(9-12-21)24-23(25(30)19-10-13-22(28)17(3)15-19)26(31)27(32)29(24)20-7-5-6-16(2)14-20/h5-15,24,30H,4H2,1-3H3/b25-23-. The summed E-state index contributed by atoms with van der Waals surface area (Å²) in [6, 6.07) is 17.6. The number of hydrogen-bond acceptors (Lipinski definition) is 4. The molecule has 1 saturated heterocycles. The van der Waals surface area contributed by atoms with Crippen molar-refractivity contribution in [3.63, 3.8) is 0 Å². The Bertz CT molecular complexity index is 1260. The van der Waals surface area contributed by atoms with Gasteiger partial charge < -0.3 is 9.84 Å². The topological polar surface area (TPSA) is 66.8 Å². The third-order valence-electron chi connectivity index (χ3n) is 5.66. The molecule has 1 atom stereocenters. The maximum Gasteiger partial charge on any atom is 0.300 e. The Hall–Kier alpha value is -3.93. The highest BCUT2D eigenvalue weighted by atomic mass is 19.1. The first kappa shape index (κ1) is 22.3. The van der Waals surface area contributed by atoms with Gasteiger partial charge in [-0.25, -0.2) is 4.39 Å². The molecule has 168 valence electrons. The van der Waals surface area contributed by atoms with Crippen molar-refractivity contribution in [2.75, 3.05) is 11.5 Å². The molecule has 0 aliphatic carbocycles. The van der Waals surface area contributed by atoms with Crippen LogP contribution in [0.4, 0.5) is 10.1 Å². The molecule has 33 heavy (non-hydrogen) atoms. The van der Waals surface area contributed by atoms with Crippen molar-refractivity contribution >= 4 is 23.1 Å². The van der Waals surface area contributed by atoms with Crippen molar-refractivity contribution in [3.05, 3.63) is 100 Å². The summed E-state index contributed by atoms with van der Waals surface area (Å²) in [6.07, 6.45) is 0. The van der Waals surface area contributed by atoms with E-state index >= 15 is 0 Å². The number of halogens is 1. The molecule has 3 aromatic rings. The van der Waals surface area contributed by atoms with E-state index in [1.807, 2.05) is 32.0 Å². The predicted octanol–water partition coefficient (Wildman–Crippen LogP) is 5.47. The van der Waals surface area contributed by atoms with E-state index in [1.165, 1.54) is 23.1 Å². The molecule has 3 aromatic carbocycles. The monoisotopic (exact) mass is 445 g/mol. The molecule has 1 N–H and O–H groups in total. The summed E-state index contributed by atoms with van der Waals surface area (Å²) in [7, 11) is 0. The van der Waals surface area contributed by atoms with Crippen LogP contribution in [-0.2, 0) is 9.59 Å². The number of aliphatic hydroxyl groups excluding tert-OH is 1. The van der Waals surface area contributed by atoms with Crippen molar-refractivity contribution in [1.29, 1.82) is 0 Å². The average Bonchev–Trinajstić information content (AvgIpc) is 3.06. The van der Waals surface area contributed by atoms with Crippen LogP contribution in [0.15, 0.2) is 72.3 Å². The minimum absolute atomic E-state index is 0.0447. The van der Waals surface area contributed by atoms with Crippen molar-refractivity contribution in [2.45, 2.75) is 26.8 Å². The number of Topliss-reactive ketones (excluding diaryl/α,β-unsaturated/α-hetero) is 1. The van der Waals surface area contributed by atoms with Gasteiger partial charge in [0, 0.05) is 11.3 Å². The minimum Gasteiger partial charge on any atom is -0.507 e. The molecular formula is C27H24FNO4. The van der Waals surface area contributed by atoms with Crippen LogP contribution in [0.5, 0.6) is 5.75 Å². The smallest absolute Gasteiger partial charge is 0.300 e. The third kappa shape index (κ3) is 4.12. The lowest BCUT2D eigenvalue weighted by atomic mass is 9.94. The van der Waals surface area contributed by atoms with Crippen LogP contribution in [-0.4, -0.2) is 23.4 Å². The Morgan fingerprint density at radius 2 is 1.76 bits per heavy atom. The van der Waals surface area contributed by atoms with E-state index in [4.69, 9.17) is 4.74 Å². The Balaban J connectivity index is 1.92. The van der Waals surface area contributed by atoms with Crippen LogP contribution in [0, 0.1) is 19.7 Å². The van der Waals surface area contributed by atoms with E-state index in [2.05, 4.69) is 0 Å². The fraction of sp³-hybridized carbons (Fsp3) is 0.185. The maximum absolute atomic E-state index is 13.8. The maximum atomic E-state index is 13.8. The fourth-order valence-corrected chi connectivity index (χ4v) is 4.05. The predicted molar refractivity (Wildman–Crippen MR) is 125 cm³/mol. The Morgan fingerprint density at radius 1 is 1.03 bits per heavy atom. The number of amides is 1. The van der Waals surface area contributed by atoms with Crippen molar-refractivity contribution in [1.82, 2.24) is 0 Å². The third-order valence-corrected chi connectivity index (χ3v) is 5.66. The van der Waals surface area contributed by atoms with Gasteiger partial charge in [-0.1, -0.05) is 24.3 Å². The summed E-state index contributed by atoms with van der Waals surface area (Å²) in [5.41, 5.74) is 2.66. The molecule has 1 aliphatic rings. The lowest BCUT2D eigenvalue weighted by molar-refractivity contribution is -0.132. The number of carbonyl (C=O) groups excluding carboxylic acids is 2. The first-order valence-corrected chi connectivity index (χ1v) is 10.7. The summed E-state index contributed by atoms with van der Waals surface area (Å²) in [6.45, 7) is 5.85. The van der Waals surface area contributed by atoms with Gasteiger partial charge in [0.2, 0.25) is 0 Å². The van der Waals surface area contributed by atoms with Gasteiger partial charge in [0.05, 0.1) is 18.2 Å². The molecule has 6 heteroatoms. The van der Waals surface area contributed by atoms with Crippen molar-refractivity contribution < 1.29 is 23.8 Å².